The lowest BCUT2D eigenvalue weighted by Crippen LogP contribution is -1.74. The van der Waals surface area contributed by atoms with Crippen molar-refractivity contribution in [2.75, 3.05) is 0 Å². The molecular weight excluding hydrogens is 230 g/mol. The monoisotopic (exact) mass is 243 g/mol. The molecule has 0 radical (unpaired) electrons. The third kappa shape index (κ3) is 8.60. The maximum atomic E-state index is 4.55. The first kappa shape index (κ1) is 13.4. The van der Waals surface area contributed by atoms with E-state index in [2.05, 4.69) is 25.5 Å². The lowest BCUT2D eigenvalue weighted by atomic mass is 10.3. The van der Waals surface area contributed by atoms with E-state index in [0.717, 1.165) is 0 Å². The molecule has 0 spiro atoms. The molecule has 0 aromatic rings. The topological polar surface area (TPSA) is 55.5 Å². The van der Waals surface area contributed by atoms with Crippen molar-refractivity contribution in [2.45, 2.75) is 0 Å². The summed E-state index contributed by atoms with van der Waals surface area (Å²) in [5.74, 6) is 0. The summed E-state index contributed by atoms with van der Waals surface area (Å²) >= 11 is 0. The molecule has 0 atom stereocenters. The van der Waals surface area contributed by atoms with Crippen molar-refractivity contribution in [3.63, 3.8) is 0 Å². The van der Waals surface area contributed by atoms with Crippen LogP contribution in [0.2, 0.25) is 0 Å². The SMILES string of the molecule is C1=C/C=C\C=C/OO/N=N/N=C\C=C\C=C\C=C1. The quantitative estimate of drug-likeness (QED) is 0.610. The first-order chi connectivity index (χ1) is 9.00. The van der Waals surface area contributed by atoms with Gasteiger partial charge in [0.2, 0.25) is 0 Å². The van der Waals surface area contributed by atoms with Crippen LogP contribution in [0.4, 0.5) is 0 Å². The van der Waals surface area contributed by atoms with Gasteiger partial charge in [0, 0.05) is 0 Å². The Bertz CT molecular complexity index is 399. The standard InChI is InChI=1S/C13H13N3O2/c1-2-4-6-8-10-12-14-15-16-18-17-13-11-9-7-5-3-1/h1-13H/b2-1?,5-3?,6-4+,9-7-,10-8+,13-11-,14-12-,16-15+. The molecule has 18 heavy (non-hydrogen) atoms. The molecule has 0 N–H and O–H groups in total. The minimum absolute atomic E-state index is 1.33. The second kappa shape index (κ2) is 10.8. The Kier molecular flexibility index (Phi) is 8.04. The average molecular weight is 243 g/mol. The molecule has 1 aliphatic rings. The largest absolute Gasteiger partial charge is 0.274 e. The molecule has 5 nitrogen and oxygen atoms in total. The van der Waals surface area contributed by atoms with Gasteiger partial charge in [-0.15, -0.1) is 10.1 Å². The van der Waals surface area contributed by atoms with Crippen LogP contribution in [0.15, 0.2) is 88.7 Å². The summed E-state index contributed by atoms with van der Waals surface area (Å²) in [6.45, 7) is 0. The van der Waals surface area contributed by atoms with Crippen LogP contribution in [-0.2, 0) is 9.88 Å². The molecule has 5 heteroatoms. The summed E-state index contributed by atoms with van der Waals surface area (Å²) in [6, 6.07) is 0. The van der Waals surface area contributed by atoms with Crippen molar-refractivity contribution < 1.29 is 9.88 Å². The van der Waals surface area contributed by atoms with Gasteiger partial charge in [-0.2, -0.15) is 0 Å². The van der Waals surface area contributed by atoms with E-state index in [4.69, 9.17) is 0 Å². The minimum atomic E-state index is 1.33. The van der Waals surface area contributed by atoms with Gasteiger partial charge in [-0.3, -0.25) is 4.89 Å². The molecule has 0 aromatic carbocycles. The molecule has 0 saturated heterocycles. The lowest BCUT2D eigenvalue weighted by Gasteiger charge is -1.87. The average Bonchev–Trinajstić information content (AvgIpc) is 2.39. The van der Waals surface area contributed by atoms with Gasteiger partial charge in [0.1, 0.15) is 6.26 Å². The van der Waals surface area contributed by atoms with Crippen molar-refractivity contribution in [1.82, 2.24) is 0 Å². The summed E-state index contributed by atoms with van der Waals surface area (Å²) < 4.78 is 0. The van der Waals surface area contributed by atoms with Crippen molar-refractivity contribution in [2.24, 2.45) is 15.6 Å². The first-order valence-corrected chi connectivity index (χ1v) is 5.24. The highest BCUT2D eigenvalue weighted by Gasteiger charge is 1.73. The molecule has 0 fully saturated rings. The Morgan fingerprint density at radius 1 is 0.611 bits per heavy atom. The number of hydrogen-bond acceptors (Lipinski definition) is 5. The number of nitrogens with zero attached hydrogens (tertiary/aromatic N) is 3. The van der Waals surface area contributed by atoms with Crippen LogP contribution in [0.3, 0.4) is 0 Å². The fourth-order valence-corrected chi connectivity index (χ4v) is 0.853. The van der Waals surface area contributed by atoms with Crippen LogP contribution in [0.25, 0.3) is 0 Å². The van der Waals surface area contributed by atoms with E-state index in [1.807, 2.05) is 48.6 Å². The summed E-state index contributed by atoms with van der Waals surface area (Å²) in [7, 11) is 0. The van der Waals surface area contributed by atoms with Gasteiger partial charge in [-0.05, 0) is 17.4 Å². The third-order valence-electron chi connectivity index (χ3n) is 1.56. The smallest absolute Gasteiger partial charge is 0.145 e. The lowest BCUT2D eigenvalue weighted by molar-refractivity contribution is -0.257. The van der Waals surface area contributed by atoms with E-state index in [0.29, 0.717) is 0 Å². The Morgan fingerprint density at radius 2 is 1.17 bits per heavy atom. The predicted octanol–water partition coefficient (Wildman–Crippen LogP) is 3.60. The highest BCUT2D eigenvalue weighted by molar-refractivity contribution is 5.71. The van der Waals surface area contributed by atoms with E-state index >= 15 is 0 Å². The zero-order chi connectivity index (χ0) is 12.7. The molecule has 0 unspecified atom stereocenters. The zero-order valence-corrected chi connectivity index (χ0v) is 9.66. The van der Waals surface area contributed by atoms with E-state index < -0.39 is 0 Å². The van der Waals surface area contributed by atoms with Crippen LogP contribution in [0, 0.1) is 0 Å². The molecule has 0 bridgehead atoms. The van der Waals surface area contributed by atoms with Crippen LogP contribution in [0.5, 0.6) is 0 Å². The Morgan fingerprint density at radius 3 is 1.83 bits per heavy atom. The van der Waals surface area contributed by atoms with E-state index in [1.54, 1.807) is 18.2 Å². The first-order valence-electron chi connectivity index (χ1n) is 5.24. The molecule has 0 aromatic heterocycles. The van der Waals surface area contributed by atoms with Gasteiger partial charge in [0.25, 0.3) is 0 Å². The van der Waals surface area contributed by atoms with Gasteiger partial charge in [-0.25, -0.2) is 0 Å². The zero-order valence-electron chi connectivity index (χ0n) is 9.66. The molecule has 0 saturated carbocycles. The maximum absolute atomic E-state index is 4.55. The second-order valence-corrected chi connectivity index (χ2v) is 2.86. The number of rotatable bonds is 0. The molecule has 0 amide bonds. The predicted molar refractivity (Wildman–Crippen MR) is 70.4 cm³/mol. The molecule has 92 valence electrons. The van der Waals surface area contributed by atoms with Crippen LogP contribution in [0.1, 0.15) is 0 Å². The van der Waals surface area contributed by atoms with Crippen molar-refractivity contribution in [3.8, 4) is 0 Å². The van der Waals surface area contributed by atoms with Gasteiger partial charge in [0.05, 0.1) is 11.5 Å². The van der Waals surface area contributed by atoms with Gasteiger partial charge in [0.15, 0.2) is 0 Å². The van der Waals surface area contributed by atoms with Gasteiger partial charge >= 0.3 is 0 Å². The summed E-state index contributed by atoms with van der Waals surface area (Å²) in [4.78, 5) is 8.88. The Hall–Kier alpha value is -2.69. The van der Waals surface area contributed by atoms with Gasteiger partial charge < -0.3 is 0 Å². The Labute approximate surface area is 105 Å². The number of hydrogen-bond donors (Lipinski definition) is 0. The molecular formula is C13H13N3O2. The van der Waals surface area contributed by atoms with E-state index in [9.17, 15) is 0 Å². The highest BCUT2D eigenvalue weighted by Crippen LogP contribution is 1.88. The summed E-state index contributed by atoms with van der Waals surface area (Å²) in [5, 5.41) is 10.1. The van der Waals surface area contributed by atoms with Crippen LogP contribution >= 0.6 is 0 Å². The molecule has 1 heterocycles. The van der Waals surface area contributed by atoms with Crippen LogP contribution < -0.4 is 0 Å². The summed E-state index contributed by atoms with van der Waals surface area (Å²) in [6.07, 6.45) is 23.0. The second-order valence-electron chi connectivity index (χ2n) is 2.86. The maximum Gasteiger partial charge on any atom is 0.145 e. The summed E-state index contributed by atoms with van der Waals surface area (Å²) in [5.41, 5.74) is 0. The molecule has 1 aliphatic heterocycles. The number of allylic oxidation sites excluding steroid dienone is 11. The van der Waals surface area contributed by atoms with E-state index in [-0.39, 0.29) is 0 Å². The molecule has 0 aliphatic carbocycles. The van der Waals surface area contributed by atoms with Gasteiger partial charge in [-0.1, -0.05) is 54.7 Å². The minimum Gasteiger partial charge on any atom is -0.274 e. The third-order valence-corrected chi connectivity index (χ3v) is 1.56. The fourth-order valence-electron chi connectivity index (χ4n) is 0.853. The van der Waals surface area contributed by atoms with Crippen molar-refractivity contribution >= 4 is 6.21 Å². The van der Waals surface area contributed by atoms with E-state index in [1.165, 1.54) is 12.5 Å². The Balaban J connectivity index is 2.58. The molecule has 1 rings (SSSR count). The van der Waals surface area contributed by atoms with Crippen molar-refractivity contribution in [3.05, 3.63) is 73.1 Å². The van der Waals surface area contributed by atoms with Crippen molar-refractivity contribution in [1.29, 1.82) is 0 Å². The fraction of sp³-hybridized carbons (Fsp3) is 0. The van der Waals surface area contributed by atoms with Crippen LogP contribution in [-0.4, -0.2) is 6.21 Å². The highest BCUT2D eigenvalue weighted by atomic mass is 17.3. The normalized spacial score (nSPS) is 26.7.